The quantitative estimate of drug-likeness (QED) is 0.667. The molecular formula is C24H30N4O5S. The predicted molar refractivity (Wildman–Crippen MR) is 128 cm³/mol. The van der Waals surface area contributed by atoms with Crippen LogP contribution in [0.3, 0.4) is 0 Å². The summed E-state index contributed by atoms with van der Waals surface area (Å²) >= 11 is 1.55. The Labute approximate surface area is 202 Å². The van der Waals surface area contributed by atoms with Gasteiger partial charge in [0.1, 0.15) is 11.3 Å². The van der Waals surface area contributed by atoms with Crippen molar-refractivity contribution in [1.82, 2.24) is 19.7 Å². The Hall–Kier alpha value is -3.14. The molecule has 0 bridgehead atoms. The summed E-state index contributed by atoms with van der Waals surface area (Å²) in [5.41, 5.74) is 1.62. The zero-order valence-corrected chi connectivity index (χ0v) is 20.5. The fourth-order valence-electron chi connectivity index (χ4n) is 4.69. The zero-order valence-electron chi connectivity index (χ0n) is 19.7. The highest BCUT2D eigenvalue weighted by Crippen LogP contribution is 2.26. The minimum absolute atomic E-state index is 0.00278. The number of fused-ring (bicyclic) bond motifs is 1. The Balaban J connectivity index is 1.55. The molecule has 2 aliphatic heterocycles. The molecule has 9 nitrogen and oxygen atoms in total. The van der Waals surface area contributed by atoms with Gasteiger partial charge >= 0.3 is 0 Å². The molecule has 0 aliphatic carbocycles. The van der Waals surface area contributed by atoms with Gasteiger partial charge < -0.3 is 24.4 Å². The number of nitrogens with one attached hydrogen (secondary N) is 1. The van der Waals surface area contributed by atoms with Crippen LogP contribution < -0.4 is 15.6 Å². The Morgan fingerprint density at radius 1 is 1.24 bits per heavy atom. The molecule has 34 heavy (non-hydrogen) atoms. The van der Waals surface area contributed by atoms with Crippen LogP contribution in [-0.4, -0.2) is 64.9 Å². The summed E-state index contributed by atoms with van der Waals surface area (Å²) < 4.78 is 6.96. The average Bonchev–Trinajstić information content (AvgIpc) is 3.41. The molecule has 1 saturated heterocycles. The number of aromatic nitrogens is 1. The second-order valence-electron chi connectivity index (χ2n) is 8.95. The lowest BCUT2D eigenvalue weighted by Crippen LogP contribution is -2.40. The monoisotopic (exact) mass is 486 g/mol. The van der Waals surface area contributed by atoms with Gasteiger partial charge in [-0.05, 0) is 36.2 Å². The summed E-state index contributed by atoms with van der Waals surface area (Å²) in [7, 11) is 1.44. The van der Waals surface area contributed by atoms with Crippen LogP contribution >= 0.6 is 11.3 Å². The number of ether oxygens (including phenoxy) is 1. The molecule has 1 fully saturated rings. The highest BCUT2D eigenvalue weighted by atomic mass is 32.1. The van der Waals surface area contributed by atoms with Crippen LogP contribution in [0.15, 0.2) is 27.7 Å². The van der Waals surface area contributed by atoms with E-state index in [1.165, 1.54) is 13.2 Å². The summed E-state index contributed by atoms with van der Waals surface area (Å²) in [5.74, 6) is -0.547. The fourth-order valence-corrected chi connectivity index (χ4v) is 5.36. The summed E-state index contributed by atoms with van der Waals surface area (Å²) in [6, 6.07) is 3.33. The normalized spacial score (nSPS) is 18.1. The van der Waals surface area contributed by atoms with Gasteiger partial charge in [0.2, 0.25) is 11.8 Å². The molecule has 182 valence electrons. The largest absolute Gasteiger partial charge is 0.496 e. The molecule has 4 rings (SSSR count). The van der Waals surface area contributed by atoms with E-state index in [2.05, 4.69) is 5.32 Å². The minimum Gasteiger partial charge on any atom is -0.496 e. The van der Waals surface area contributed by atoms with Crippen molar-refractivity contribution in [1.29, 1.82) is 0 Å². The van der Waals surface area contributed by atoms with Crippen molar-refractivity contribution in [2.75, 3.05) is 26.7 Å². The third-order valence-electron chi connectivity index (χ3n) is 6.52. The number of methoxy groups -OCH3 is 1. The Morgan fingerprint density at radius 2 is 2.03 bits per heavy atom. The summed E-state index contributed by atoms with van der Waals surface area (Å²) in [6.07, 6.45) is 0.554. The maximum absolute atomic E-state index is 13.2. The molecule has 4 heterocycles. The predicted octanol–water partition coefficient (Wildman–Crippen LogP) is 1.49. The molecule has 10 heteroatoms. The van der Waals surface area contributed by atoms with Gasteiger partial charge in [-0.1, -0.05) is 0 Å². The van der Waals surface area contributed by atoms with Crippen molar-refractivity contribution in [3.8, 4) is 5.75 Å². The molecule has 2 aromatic heterocycles. The second kappa shape index (κ2) is 10.0. The Morgan fingerprint density at radius 3 is 2.68 bits per heavy atom. The first-order chi connectivity index (χ1) is 16.3. The molecule has 0 unspecified atom stereocenters. The molecule has 1 N–H and O–H groups in total. The average molecular weight is 487 g/mol. The number of nitrogens with zero attached hydrogens (tertiary/aromatic N) is 3. The number of likely N-dealkylation sites (tertiary alicyclic amines) is 1. The van der Waals surface area contributed by atoms with Crippen molar-refractivity contribution in [2.45, 2.75) is 45.8 Å². The smallest absolute Gasteiger partial charge is 0.257 e. The summed E-state index contributed by atoms with van der Waals surface area (Å²) in [4.78, 5) is 54.9. The van der Waals surface area contributed by atoms with Crippen molar-refractivity contribution in [2.24, 2.45) is 5.92 Å². The lowest BCUT2D eigenvalue weighted by Gasteiger charge is -2.24. The van der Waals surface area contributed by atoms with Crippen molar-refractivity contribution in [3.05, 3.63) is 50.1 Å². The number of hydrogen-bond acceptors (Lipinski definition) is 6. The first-order valence-corrected chi connectivity index (χ1v) is 12.4. The Bertz CT molecular complexity index is 1140. The summed E-state index contributed by atoms with van der Waals surface area (Å²) in [5, 5.41) is 6.82. The second-order valence-corrected chi connectivity index (χ2v) is 9.73. The fraction of sp³-hybridized carbons (Fsp3) is 0.500. The molecule has 0 saturated carbocycles. The van der Waals surface area contributed by atoms with E-state index in [1.807, 2.05) is 30.7 Å². The van der Waals surface area contributed by atoms with Crippen LogP contribution in [0.25, 0.3) is 0 Å². The van der Waals surface area contributed by atoms with Gasteiger partial charge in [0.25, 0.3) is 11.5 Å². The molecule has 3 amide bonds. The summed E-state index contributed by atoms with van der Waals surface area (Å²) in [6.45, 7) is 5.67. The van der Waals surface area contributed by atoms with E-state index in [9.17, 15) is 19.2 Å². The number of thiophene rings is 1. The molecule has 2 aromatic rings. The maximum atomic E-state index is 13.2. The van der Waals surface area contributed by atoms with Gasteiger partial charge in [0.15, 0.2) is 0 Å². The van der Waals surface area contributed by atoms with E-state index < -0.39 is 0 Å². The molecule has 1 atom stereocenters. The van der Waals surface area contributed by atoms with Crippen molar-refractivity contribution in [3.63, 3.8) is 0 Å². The number of carbonyl (C=O) groups excluding carboxylic acids is 3. The van der Waals surface area contributed by atoms with Crippen molar-refractivity contribution >= 4 is 29.1 Å². The first kappa shape index (κ1) is 24.0. The lowest BCUT2D eigenvalue weighted by atomic mass is 10.1. The Kier molecular flexibility index (Phi) is 7.06. The van der Waals surface area contributed by atoms with E-state index in [0.29, 0.717) is 43.9 Å². The van der Waals surface area contributed by atoms with Crippen LogP contribution in [0.4, 0.5) is 0 Å². The van der Waals surface area contributed by atoms with Crippen LogP contribution in [0, 0.1) is 5.92 Å². The first-order valence-electron chi connectivity index (χ1n) is 11.5. The van der Waals surface area contributed by atoms with Gasteiger partial charge in [0, 0.05) is 63.4 Å². The number of pyridine rings is 1. The standard InChI is InChI=1S/C24H30N4O5S/c1-15(2)28-13-17(10-20(28)29)24(32)26-6-4-18-22(23(31)25-12-16-5-9-34-14-16)19(33-3)11-21(30)27(18)8-7-26/h5,9,11,14-15,17H,4,6-8,10,12-13H2,1-3H3,(H,25,31)/t17-/m0/s1. The molecule has 0 aromatic carbocycles. The van der Waals surface area contributed by atoms with E-state index in [1.54, 1.807) is 25.7 Å². The lowest BCUT2D eigenvalue weighted by molar-refractivity contribution is -0.135. The SMILES string of the molecule is COc1cc(=O)n2c(c1C(=O)NCc1ccsc1)CCN(C(=O)[C@H]1CC(=O)N(C(C)C)C1)CC2. The van der Waals surface area contributed by atoms with Crippen LogP contribution in [-0.2, 0) is 29.1 Å². The highest BCUT2D eigenvalue weighted by molar-refractivity contribution is 7.07. The topological polar surface area (TPSA) is 101 Å². The molecule has 0 spiro atoms. The highest BCUT2D eigenvalue weighted by Gasteiger charge is 2.38. The minimum atomic E-state index is -0.379. The number of hydrogen-bond donors (Lipinski definition) is 1. The van der Waals surface area contributed by atoms with Gasteiger partial charge in [-0.2, -0.15) is 11.3 Å². The van der Waals surface area contributed by atoms with E-state index >= 15 is 0 Å². The van der Waals surface area contributed by atoms with Crippen molar-refractivity contribution < 1.29 is 19.1 Å². The van der Waals surface area contributed by atoms with E-state index in [4.69, 9.17) is 4.74 Å². The van der Waals surface area contributed by atoms with Gasteiger partial charge in [-0.25, -0.2) is 0 Å². The van der Waals surface area contributed by atoms with Gasteiger partial charge in [-0.15, -0.1) is 0 Å². The number of amides is 3. The molecule has 0 radical (unpaired) electrons. The van der Waals surface area contributed by atoms with Gasteiger partial charge in [0.05, 0.1) is 13.0 Å². The van der Waals surface area contributed by atoms with Crippen LogP contribution in [0.2, 0.25) is 0 Å². The van der Waals surface area contributed by atoms with Crippen LogP contribution in [0.5, 0.6) is 5.75 Å². The zero-order chi connectivity index (χ0) is 24.4. The van der Waals surface area contributed by atoms with E-state index in [0.717, 1.165) is 5.56 Å². The third kappa shape index (κ3) is 4.72. The third-order valence-corrected chi connectivity index (χ3v) is 7.25. The number of rotatable bonds is 6. The molecular weight excluding hydrogens is 456 g/mol. The van der Waals surface area contributed by atoms with Crippen LogP contribution in [0.1, 0.15) is 41.9 Å². The number of carbonyl (C=O) groups is 3. The molecule has 2 aliphatic rings. The van der Waals surface area contributed by atoms with E-state index in [-0.39, 0.29) is 54.0 Å². The van der Waals surface area contributed by atoms with Gasteiger partial charge in [-0.3, -0.25) is 19.2 Å². The maximum Gasteiger partial charge on any atom is 0.257 e.